The summed E-state index contributed by atoms with van der Waals surface area (Å²) in [5.41, 5.74) is 1.07. The second-order valence-electron chi connectivity index (χ2n) is 5.89. The van der Waals surface area contributed by atoms with Gasteiger partial charge in [-0.05, 0) is 31.6 Å². The van der Waals surface area contributed by atoms with Crippen molar-refractivity contribution in [1.82, 2.24) is 10.2 Å². The van der Waals surface area contributed by atoms with E-state index in [0.29, 0.717) is 4.75 Å². The summed E-state index contributed by atoms with van der Waals surface area (Å²) in [6, 6.07) is 9.85. The van der Waals surface area contributed by atoms with Crippen LogP contribution in [0.4, 0.5) is 0 Å². The van der Waals surface area contributed by atoms with Gasteiger partial charge in [0.1, 0.15) is 6.04 Å². The molecule has 1 aliphatic heterocycles. The molecule has 0 radical (unpaired) electrons. The number of hydrogen-bond acceptors (Lipinski definition) is 3. The molecule has 0 spiro atoms. The van der Waals surface area contributed by atoms with Crippen LogP contribution in [0.25, 0.3) is 0 Å². The molecule has 2 unspecified atom stereocenters. The Balaban J connectivity index is 1.75. The van der Waals surface area contributed by atoms with Crippen LogP contribution in [0.1, 0.15) is 37.8 Å². The van der Waals surface area contributed by atoms with Crippen LogP contribution in [-0.2, 0) is 4.79 Å². The van der Waals surface area contributed by atoms with Gasteiger partial charge in [0.25, 0.3) is 0 Å². The number of hydrogen-bond donors (Lipinski definition) is 1. The Hall–Kier alpha value is -1.00. The highest BCUT2D eigenvalue weighted by molar-refractivity contribution is 8.00. The zero-order chi connectivity index (χ0) is 14.2. The van der Waals surface area contributed by atoms with Crippen LogP contribution in [-0.4, -0.2) is 34.5 Å². The molecule has 0 bridgehead atoms. The van der Waals surface area contributed by atoms with Gasteiger partial charge in [0.15, 0.2) is 0 Å². The van der Waals surface area contributed by atoms with Gasteiger partial charge < -0.3 is 4.90 Å². The Bertz CT molecular complexity index is 481. The van der Waals surface area contributed by atoms with E-state index in [1.54, 1.807) is 0 Å². The summed E-state index contributed by atoms with van der Waals surface area (Å²) in [7, 11) is 0. The van der Waals surface area contributed by atoms with Crippen LogP contribution in [0.2, 0.25) is 0 Å². The number of thioether (sulfide) groups is 1. The fourth-order valence-electron chi connectivity index (χ4n) is 3.17. The minimum atomic E-state index is -0.176. The number of nitrogens with zero attached hydrogens (tertiary/aromatic N) is 1. The van der Waals surface area contributed by atoms with E-state index >= 15 is 0 Å². The van der Waals surface area contributed by atoms with Crippen molar-refractivity contribution in [3.8, 4) is 0 Å². The lowest BCUT2D eigenvalue weighted by Crippen LogP contribution is -2.49. The summed E-state index contributed by atoms with van der Waals surface area (Å²) >= 11 is 1.93. The summed E-state index contributed by atoms with van der Waals surface area (Å²) in [5, 5.41) is 3.43. The third kappa shape index (κ3) is 2.35. The van der Waals surface area contributed by atoms with Gasteiger partial charge >= 0.3 is 0 Å². The summed E-state index contributed by atoms with van der Waals surface area (Å²) in [5.74, 6) is 0.226. The molecule has 1 aliphatic carbocycles. The quantitative estimate of drug-likeness (QED) is 0.925. The molecular formula is C16H22N2OS. The number of nitrogens with one attached hydrogen (secondary N) is 1. The normalized spacial score (nSPS) is 28.5. The SMILES string of the molecule is CSC1(CN2C(=O)C(c3ccccc3)NC2C)CCC1. The smallest absolute Gasteiger partial charge is 0.245 e. The third-order valence-corrected chi connectivity index (χ3v) is 6.10. The van der Waals surface area contributed by atoms with Crippen molar-refractivity contribution in [2.24, 2.45) is 0 Å². The molecule has 1 amide bonds. The van der Waals surface area contributed by atoms with Crippen LogP contribution < -0.4 is 5.32 Å². The van der Waals surface area contributed by atoms with Crippen molar-refractivity contribution < 1.29 is 4.79 Å². The molecular weight excluding hydrogens is 268 g/mol. The monoisotopic (exact) mass is 290 g/mol. The second kappa shape index (κ2) is 5.41. The highest BCUT2D eigenvalue weighted by Gasteiger charge is 2.44. The van der Waals surface area contributed by atoms with E-state index in [1.807, 2.05) is 47.0 Å². The van der Waals surface area contributed by atoms with Crippen LogP contribution in [0, 0.1) is 0 Å². The predicted octanol–water partition coefficient (Wildman–Crippen LogP) is 2.79. The Morgan fingerprint density at radius 1 is 1.35 bits per heavy atom. The first-order valence-corrected chi connectivity index (χ1v) is 8.54. The Morgan fingerprint density at radius 3 is 2.60 bits per heavy atom. The molecule has 3 nitrogen and oxygen atoms in total. The molecule has 0 aromatic heterocycles. The van der Waals surface area contributed by atoms with E-state index in [4.69, 9.17) is 0 Å². The fourth-order valence-corrected chi connectivity index (χ4v) is 4.13. The molecule has 1 aromatic carbocycles. The van der Waals surface area contributed by atoms with Crippen LogP contribution in [0.3, 0.4) is 0 Å². The standard InChI is InChI=1S/C16H22N2OS/c1-12-17-14(13-7-4-3-5-8-13)15(19)18(12)11-16(20-2)9-6-10-16/h3-5,7-8,12,14,17H,6,9-11H2,1-2H3. The van der Waals surface area contributed by atoms with Gasteiger partial charge in [-0.2, -0.15) is 11.8 Å². The van der Waals surface area contributed by atoms with E-state index in [9.17, 15) is 4.79 Å². The number of carbonyl (C=O) groups excluding carboxylic acids is 1. The molecule has 3 rings (SSSR count). The summed E-state index contributed by atoms with van der Waals surface area (Å²) < 4.78 is 0.303. The van der Waals surface area contributed by atoms with Gasteiger partial charge in [-0.25, -0.2) is 0 Å². The maximum atomic E-state index is 12.7. The first kappa shape index (κ1) is 14.0. The van der Waals surface area contributed by atoms with Gasteiger partial charge in [-0.3, -0.25) is 10.1 Å². The van der Waals surface area contributed by atoms with Gasteiger partial charge in [0.2, 0.25) is 5.91 Å². The Morgan fingerprint density at radius 2 is 2.05 bits per heavy atom. The van der Waals surface area contributed by atoms with Crippen molar-refractivity contribution in [3.05, 3.63) is 35.9 Å². The molecule has 1 saturated carbocycles. The molecule has 1 saturated heterocycles. The van der Waals surface area contributed by atoms with Crippen LogP contribution in [0.15, 0.2) is 30.3 Å². The minimum Gasteiger partial charge on any atom is -0.324 e. The molecule has 2 atom stereocenters. The highest BCUT2D eigenvalue weighted by atomic mass is 32.2. The summed E-state index contributed by atoms with van der Waals surface area (Å²) in [6.07, 6.45) is 6.07. The van der Waals surface area contributed by atoms with Gasteiger partial charge in [0, 0.05) is 11.3 Å². The number of amides is 1. The third-order valence-electron chi connectivity index (χ3n) is 4.69. The second-order valence-corrected chi connectivity index (χ2v) is 7.17. The number of benzene rings is 1. The highest BCUT2D eigenvalue weighted by Crippen LogP contribution is 2.44. The molecule has 1 heterocycles. The maximum absolute atomic E-state index is 12.7. The lowest BCUT2D eigenvalue weighted by molar-refractivity contribution is -0.130. The van der Waals surface area contributed by atoms with Crippen molar-refractivity contribution in [2.75, 3.05) is 12.8 Å². The van der Waals surface area contributed by atoms with Crippen molar-refractivity contribution in [1.29, 1.82) is 0 Å². The molecule has 108 valence electrons. The summed E-state index contributed by atoms with van der Waals surface area (Å²) in [4.78, 5) is 14.7. The first-order chi connectivity index (χ1) is 9.65. The van der Waals surface area contributed by atoms with E-state index in [-0.39, 0.29) is 18.1 Å². The molecule has 2 aliphatic rings. The van der Waals surface area contributed by atoms with Crippen LogP contribution >= 0.6 is 11.8 Å². The lowest BCUT2D eigenvalue weighted by atomic mass is 9.83. The molecule has 4 heteroatoms. The minimum absolute atomic E-state index is 0.123. The van der Waals surface area contributed by atoms with E-state index < -0.39 is 0 Å². The van der Waals surface area contributed by atoms with Crippen molar-refractivity contribution in [2.45, 2.75) is 43.1 Å². The lowest BCUT2D eigenvalue weighted by Gasteiger charge is -2.43. The first-order valence-electron chi connectivity index (χ1n) is 7.32. The van der Waals surface area contributed by atoms with Gasteiger partial charge in [-0.15, -0.1) is 0 Å². The molecule has 1 aromatic rings. The van der Waals surface area contributed by atoms with Gasteiger partial charge in [0.05, 0.1) is 6.17 Å². The van der Waals surface area contributed by atoms with E-state index in [1.165, 1.54) is 19.3 Å². The Labute approximate surface area is 125 Å². The average molecular weight is 290 g/mol. The van der Waals surface area contributed by atoms with E-state index in [2.05, 4.69) is 18.5 Å². The summed E-state index contributed by atoms with van der Waals surface area (Å²) in [6.45, 7) is 2.97. The molecule has 20 heavy (non-hydrogen) atoms. The van der Waals surface area contributed by atoms with Crippen molar-refractivity contribution >= 4 is 17.7 Å². The zero-order valence-corrected chi connectivity index (χ0v) is 13.0. The van der Waals surface area contributed by atoms with Gasteiger partial charge in [-0.1, -0.05) is 36.8 Å². The maximum Gasteiger partial charge on any atom is 0.245 e. The fraction of sp³-hybridized carbons (Fsp3) is 0.562. The number of carbonyl (C=O) groups is 1. The largest absolute Gasteiger partial charge is 0.324 e. The predicted molar refractivity (Wildman–Crippen MR) is 83.6 cm³/mol. The van der Waals surface area contributed by atoms with Crippen LogP contribution in [0.5, 0.6) is 0 Å². The van der Waals surface area contributed by atoms with E-state index in [0.717, 1.165) is 12.1 Å². The zero-order valence-electron chi connectivity index (χ0n) is 12.1. The topological polar surface area (TPSA) is 32.3 Å². The molecule has 1 N–H and O–H groups in total. The Kier molecular flexibility index (Phi) is 3.78. The van der Waals surface area contributed by atoms with Crippen molar-refractivity contribution in [3.63, 3.8) is 0 Å². The molecule has 2 fully saturated rings. The average Bonchev–Trinajstić information content (AvgIpc) is 2.71. The number of rotatable bonds is 4.